The highest BCUT2D eigenvalue weighted by molar-refractivity contribution is 7.89. The first-order chi connectivity index (χ1) is 15.4. The number of nitrogens with zero attached hydrogens (tertiary/aromatic N) is 1. The number of benzene rings is 3. The van der Waals surface area contributed by atoms with Crippen LogP contribution in [0.1, 0.15) is 12.0 Å². The summed E-state index contributed by atoms with van der Waals surface area (Å²) in [5.41, 5.74) is 2.47. The normalized spacial score (nSPS) is 11.7. The lowest BCUT2D eigenvalue weighted by atomic mass is 10.1. The summed E-state index contributed by atoms with van der Waals surface area (Å²) >= 11 is 6.22. The van der Waals surface area contributed by atoms with Gasteiger partial charge >= 0.3 is 6.09 Å². The molecule has 2 N–H and O–H groups in total. The van der Waals surface area contributed by atoms with Gasteiger partial charge in [-0.05, 0) is 42.7 Å². The van der Waals surface area contributed by atoms with Crippen LogP contribution in [0.3, 0.4) is 0 Å². The minimum absolute atomic E-state index is 0.0716. The van der Waals surface area contributed by atoms with E-state index in [1.54, 1.807) is 30.3 Å². The number of carbonyl (C=O) groups is 1. The first-order valence-corrected chi connectivity index (χ1v) is 11.9. The van der Waals surface area contributed by atoms with Gasteiger partial charge in [0.15, 0.2) is 0 Å². The molecule has 32 heavy (non-hydrogen) atoms. The summed E-state index contributed by atoms with van der Waals surface area (Å²) in [5.74, 6) is 0. The molecule has 0 aliphatic heterocycles. The van der Waals surface area contributed by atoms with Crippen molar-refractivity contribution in [2.45, 2.75) is 17.7 Å². The van der Waals surface area contributed by atoms with Crippen molar-refractivity contribution in [3.05, 3.63) is 89.4 Å². The highest BCUT2D eigenvalue weighted by Crippen LogP contribution is 2.32. The van der Waals surface area contributed by atoms with E-state index in [1.807, 2.05) is 36.4 Å². The summed E-state index contributed by atoms with van der Waals surface area (Å²) < 4.78 is 29.6. The van der Waals surface area contributed by atoms with E-state index in [4.69, 9.17) is 11.6 Å². The van der Waals surface area contributed by atoms with Crippen LogP contribution in [0.2, 0.25) is 5.02 Å². The van der Waals surface area contributed by atoms with Crippen LogP contribution in [0.15, 0.2) is 83.8 Å². The lowest BCUT2D eigenvalue weighted by Gasteiger charge is -2.11. The zero-order valence-electron chi connectivity index (χ0n) is 17.0. The van der Waals surface area contributed by atoms with E-state index < -0.39 is 16.1 Å². The van der Waals surface area contributed by atoms with Crippen molar-refractivity contribution in [3.8, 4) is 11.3 Å². The van der Waals surface area contributed by atoms with Crippen molar-refractivity contribution >= 4 is 38.6 Å². The van der Waals surface area contributed by atoms with E-state index in [-0.39, 0.29) is 16.5 Å². The molecule has 3 aromatic carbocycles. The Balaban J connectivity index is 1.61. The quantitative estimate of drug-likeness (QED) is 0.355. The van der Waals surface area contributed by atoms with Crippen molar-refractivity contribution in [1.29, 1.82) is 0 Å². The third kappa shape index (κ3) is 4.55. The average molecular weight is 469 g/mol. The van der Waals surface area contributed by atoms with Crippen LogP contribution in [0.4, 0.5) is 4.79 Å². The number of hydrogen-bond acceptors (Lipinski definition) is 3. The van der Waals surface area contributed by atoms with E-state index in [9.17, 15) is 18.3 Å². The van der Waals surface area contributed by atoms with Crippen LogP contribution >= 0.6 is 11.6 Å². The minimum Gasteiger partial charge on any atom is -0.464 e. The summed E-state index contributed by atoms with van der Waals surface area (Å²) in [5, 5.41) is 10.6. The standard InChI is InChI=1S/C24H21ClN2O4S/c25-20-13-12-19(22-15-18-10-4-5-11-21(18)27(22)24(28)29)16-23(20)32(30,31)26-14-6-9-17-7-2-1-3-8-17/h1-5,7-8,10-13,15-16,26H,6,9,14H2,(H,28,29). The molecule has 4 rings (SSSR count). The van der Waals surface area contributed by atoms with Crippen LogP contribution < -0.4 is 4.72 Å². The molecule has 0 aliphatic carbocycles. The second-order valence-corrected chi connectivity index (χ2v) is 9.48. The molecule has 0 saturated carbocycles. The van der Waals surface area contributed by atoms with E-state index in [0.717, 1.165) is 21.9 Å². The third-order valence-corrected chi connectivity index (χ3v) is 7.14. The fourth-order valence-corrected chi connectivity index (χ4v) is 5.26. The Kier molecular flexibility index (Phi) is 6.32. The monoisotopic (exact) mass is 468 g/mol. The van der Waals surface area contributed by atoms with Gasteiger partial charge < -0.3 is 5.11 Å². The Morgan fingerprint density at radius 1 is 0.969 bits per heavy atom. The number of sulfonamides is 1. The minimum atomic E-state index is -3.88. The molecule has 1 aromatic heterocycles. The van der Waals surface area contributed by atoms with Gasteiger partial charge in [0.1, 0.15) is 4.90 Å². The SMILES string of the molecule is O=C(O)n1c(-c2ccc(Cl)c(S(=O)(=O)NCCCc3ccccc3)c2)cc2ccccc21. The smallest absolute Gasteiger partial charge is 0.416 e. The number of halogens is 1. The van der Waals surface area contributed by atoms with E-state index in [2.05, 4.69) is 4.72 Å². The second-order valence-electron chi connectivity index (χ2n) is 7.34. The fraction of sp³-hybridized carbons (Fsp3) is 0.125. The molecule has 1 heterocycles. The van der Waals surface area contributed by atoms with Gasteiger partial charge in [-0.3, -0.25) is 0 Å². The molecule has 0 unspecified atom stereocenters. The molecule has 0 bridgehead atoms. The maximum atomic E-state index is 12.9. The molecular weight excluding hydrogens is 448 g/mol. The predicted molar refractivity (Wildman–Crippen MR) is 126 cm³/mol. The molecule has 4 aromatic rings. The largest absolute Gasteiger partial charge is 0.464 e. The van der Waals surface area contributed by atoms with Crippen molar-refractivity contribution < 1.29 is 18.3 Å². The van der Waals surface area contributed by atoms with Crippen LogP contribution in [0, 0.1) is 0 Å². The van der Waals surface area contributed by atoms with E-state index in [0.29, 0.717) is 23.2 Å². The fourth-order valence-electron chi connectivity index (χ4n) is 3.66. The number of hydrogen-bond donors (Lipinski definition) is 2. The third-order valence-electron chi connectivity index (χ3n) is 5.20. The number of para-hydroxylation sites is 1. The van der Waals surface area contributed by atoms with Crippen molar-refractivity contribution in [2.75, 3.05) is 6.54 Å². The highest BCUT2D eigenvalue weighted by atomic mass is 35.5. The Morgan fingerprint density at radius 3 is 2.44 bits per heavy atom. The summed E-state index contributed by atoms with van der Waals surface area (Å²) in [6.45, 7) is 0.257. The van der Waals surface area contributed by atoms with Gasteiger partial charge in [0.25, 0.3) is 0 Å². The van der Waals surface area contributed by atoms with Gasteiger partial charge in [0, 0.05) is 17.5 Å². The predicted octanol–water partition coefficient (Wildman–Crippen LogP) is 5.40. The van der Waals surface area contributed by atoms with Gasteiger partial charge in [-0.15, -0.1) is 0 Å². The summed E-state index contributed by atoms with van der Waals surface area (Å²) in [4.78, 5) is 11.8. The molecule has 0 fully saturated rings. The van der Waals surface area contributed by atoms with Crippen molar-refractivity contribution in [2.24, 2.45) is 0 Å². The van der Waals surface area contributed by atoms with E-state index >= 15 is 0 Å². The number of nitrogens with one attached hydrogen (secondary N) is 1. The molecule has 8 heteroatoms. The van der Waals surface area contributed by atoms with Gasteiger partial charge in [-0.25, -0.2) is 22.5 Å². The maximum absolute atomic E-state index is 12.9. The molecule has 0 amide bonds. The number of aromatic nitrogens is 1. The summed E-state index contributed by atoms with van der Waals surface area (Å²) in [6.07, 6.45) is 0.225. The maximum Gasteiger partial charge on any atom is 0.416 e. The zero-order chi connectivity index (χ0) is 22.7. The van der Waals surface area contributed by atoms with E-state index in [1.165, 1.54) is 12.1 Å². The number of rotatable bonds is 7. The van der Waals surface area contributed by atoms with Crippen LogP contribution in [0.25, 0.3) is 22.2 Å². The Hall–Kier alpha value is -3.13. The zero-order valence-corrected chi connectivity index (χ0v) is 18.6. The van der Waals surface area contributed by atoms with Gasteiger partial charge in [-0.2, -0.15) is 0 Å². The molecule has 0 radical (unpaired) electrons. The van der Waals surface area contributed by atoms with Crippen molar-refractivity contribution in [1.82, 2.24) is 9.29 Å². The Labute approximate surface area is 191 Å². The first kappa shape index (κ1) is 22.1. The molecule has 0 atom stereocenters. The number of carboxylic acid groups (broad SMARTS) is 1. The topological polar surface area (TPSA) is 88.4 Å². The van der Waals surface area contributed by atoms with Gasteiger partial charge in [-0.1, -0.05) is 66.2 Å². The molecule has 164 valence electrons. The highest BCUT2D eigenvalue weighted by Gasteiger charge is 2.21. The van der Waals surface area contributed by atoms with Crippen LogP contribution in [-0.4, -0.2) is 30.7 Å². The van der Waals surface area contributed by atoms with Gasteiger partial charge in [0.05, 0.1) is 16.2 Å². The lowest BCUT2D eigenvalue weighted by molar-refractivity contribution is 0.198. The Bertz CT molecular complexity index is 1380. The van der Waals surface area contributed by atoms with Crippen LogP contribution in [0.5, 0.6) is 0 Å². The molecule has 6 nitrogen and oxygen atoms in total. The second kappa shape index (κ2) is 9.16. The summed E-state index contributed by atoms with van der Waals surface area (Å²) in [7, 11) is -3.88. The number of aryl methyl sites for hydroxylation is 1. The van der Waals surface area contributed by atoms with Crippen molar-refractivity contribution in [3.63, 3.8) is 0 Å². The van der Waals surface area contributed by atoms with Crippen LogP contribution in [-0.2, 0) is 16.4 Å². The first-order valence-electron chi connectivity index (χ1n) is 10.0. The summed E-state index contributed by atoms with van der Waals surface area (Å²) in [6, 6.07) is 23.1. The molecular formula is C24H21ClN2O4S. The molecule has 0 aliphatic rings. The lowest BCUT2D eigenvalue weighted by Crippen LogP contribution is -2.25. The molecule has 0 saturated heterocycles. The Morgan fingerprint density at radius 2 is 1.69 bits per heavy atom. The average Bonchev–Trinajstić information content (AvgIpc) is 3.17. The number of fused-ring (bicyclic) bond motifs is 1. The molecule has 0 spiro atoms. The van der Waals surface area contributed by atoms with Gasteiger partial charge in [0.2, 0.25) is 10.0 Å².